The lowest BCUT2D eigenvalue weighted by Crippen LogP contribution is -2.21. The Labute approximate surface area is 106 Å². The van der Waals surface area contributed by atoms with Crippen LogP contribution in [0.4, 0.5) is 0 Å². The van der Waals surface area contributed by atoms with Crippen molar-refractivity contribution in [3.63, 3.8) is 0 Å². The van der Waals surface area contributed by atoms with Crippen molar-refractivity contribution in [1.29, 1.82) is 0 Å². The SMILES string of the molecule is CCCSc1ccc(CC=NN=C(N)N)cc1. The Morgan fingerprint density at radius 3 is 2.59 bits per heavy atom. The number of guanidine groups is 1. The Balaban J connectivity index is 2.45. The van der Waals surface area contributed by atoms with Crippen molar-refractivity contribution >= 4 is 23.9 Å². The highest BCUT2D eigenvalue weighted by atomic mass is 32.2. The Morgan fingerprint density at radius 2 is 2.00 bits per heavy atom. The quantitative estimate of drug-likeness (QED) is 0.351. The average molecular weight is 250 g/mol. The maximum absolute atomic E-state index is 5.15. The van der Waals surface area contributed by atoms with Crippen molar-refractivity contribution in [3.05, 3.63) is 29.8 Å². The third-order valence-corrected chi connectivity index (χ3v) is 3.20. The van der Waals surface area contributed by atoms with Crippen LogP contribution in [0.2, 0.25) is 0 Å². The fourth-order valence-electron chi connectivity index (χ4n) is 1.20. The maximum atomic E-state index is 5.15. The number of nitrogens with zero attached hydrogens (tertiary/aromatic N) is 2. The van der Waals surface area contributed by atoms with E-state index in [0.29, 0.717) is 0 Å². The summed E-state index contributed by atoms with van der Waals surface area (Å²) in [7, 11) is 0. The zero-order valence-electron chi connectivity index (χ0n) is 9.97. The molecule has 1 aromatic carbocycles. The Kier molecular flexibility index (Phi) is 6.17. The van der Waals surface area contributed by atoms with Crippen molar-refractivity contribution in [2.75, 3.05) is 5.75 Å². The second-order valence-corrected chi connectivity index (χ2v) is 4.69. The first-order valence-electron chi connectivity index (χ1n) is 5.54. The highest BCUT2D eigenvalue weighted by molar-refractivity contribution is 7.99. The molecular formula is C12H18N4S. The average Bonchev–Trinajstić information content (AvgIpc) is 2.33. The minimum Gasteiger partial charge on any atom is -0.369 e. The molecule has 0 fully saturated rings. The predicted octanol–water partition coefficient (Wildman–Crippen LogP) is 1.99. The van der Waals surface area contributed by atoms with E-state index < -0.39 is 0 Å². The fraction of sp³-hybridized carbons (Fsp3) is 0.333. The smallest absolute Gasteiger partial charge is 0.211 e. The molecule has 5 heteroatoms. The molecule has 0 unspecified atom stereocenters. The van der Waals surface area contributed by atoms with Crippen molar-refractivity contribution in [2.24, 2.45) is 21.7 Å². The summed E-state index contributed by atoms with van der Waals surface area (Å²) in [6.45, 7) is 2.18. The van der Waals surface area contributed by atoms with Crippen LogP contribution in [0, 0.1) is 0 Å². The first-order chi connectivity index (χ1) is 8.22. The zero-order valence-corrected chi connectivity index (χ0v) is 10.8. The molecule has 1 rings (SSSR count). The van der Waals surface area contributed by atoms with Crippen LogP contribution < -0.4 is 11.5 Å². The summed E-state index contributed by atoms with van der Waals surface area (Å²) in [6, 6.07) is 8.45. The van der Waals surface area contributed by atoms with E-state index in [1.54, 1.807) is 6.21 Å². The van der Waals surface area contributed by atoms with Crippen LogP contribution in [0.15, 0.2) is 39.4 Å². The van der Waals surface area contributed by atoms with Crippen LogP contribution in [-0.4, -0.2) is 17.9 Å². The summed E-state index contributed by atoms with van der Waals surface area (Å²) in [5, 5.41) is 7.28. The van der Waals surface area contributed by atoms with Gasteiger partial charge in [-0.2, -0.15) is 5.10 Å². The van der Waals surface area contributed by atoms with Crippen molar-refractivity contribution in [3.8, 4) is 0 Å². The molecule has 4 nitrogen and oxygen atoms in total. The molecule has 0 amide bonds. The second-order valence-electron chi connectivity index (χ2n) is 3.52. The van der Waals surface area contributed by atoms with Gasteiger partial charge < -0.3 is 11.5 Å². The minimum absolute atomic E-state index is 0.0208. The third kappa shape index (κ3) is 5.97. The number of nitrogens with two attached hydrogens (primary N) is 2. The molecule has 92 valence electrons. The minimum atomic E-state index is -0.0208. The van der Waals surface area contributed by atoms with Gasteiger partial charge in [0.15, 0.2) is 0 Å². The highest BCUT2D eigenvalue weighted by Crippen LogP contribution is 2.18. The van der Waals surface area contributed by atoms with Gasteiger partial charge in [0.25, 0.3) is 0 Å². The summed E-state index contributed by atoms with van der Waals surface area (Å²) >= 11 is 1.87. The van der Waals surface area contributed by atoms with E-state index in [-0.39, 0.29) is 5.96 Å². The van der Waals surface area contributed by atoms with Crippen LogP contribution in [0.1, 0.15) is 18.9 Å². The van der Waals surface area contributed by atoms with Gasteiger partial charge in [-0.1, -0.05) is 19.1 Å². The second kappa shape index (κ2) is 7.73. The standard InChI is InChI=1S/C12H18N4S/c1-2-9-17-11-5-3-10(4-6-11)7-8-15-16-12(13)14/h3-6,8H,2,7,9H2,1H3,(H4,13,14,16). The lowest BCUT2D eigenvalue weighted by atomic mass is 10.2. The molecule has 4 N–H and O–H groups in total. The topological polar surface area (TPSA) is 76.8 Å². The van der Waals surface area contributed by atoms with Gasteiger partial charge in [-0.05, 0) is 29.9 Å². The summed E-state index contributed by atoms with van der Waals surface area (Å²) in [6.07, 6.45) is 3.61. The molecule has 0 spiro atoms. The molecule has 0 aliphatic carbocycles. The Hall–Kier alpha value is -1.49. The molecule has 0 heterocycles. The molecule has 0 radical (unpaired) electrons. The predicted molar refractivity (Wildman–Crippen MR) is 75.5 cm³/mol. The van der Waals surface area contributed by atoms with E-state index >= 15 is 0 Å². The van der Waals surface area contributed by atoms with Gasteiger partial charge in [-0.3, -0.25) is 0 Å². The monoisotopic (exact) mass is 250 g/mol. The lowest BCUT2D eigenvalue weighted by Gasteiger charge is -2.00. The lowest BCUT2D eigenvalue weighted by molar-refractivity contribution is 1.10. The molecule has 0 aromatic heterocycles. The number of hydrogen-bond donors (Lipinski definition) is 2. The first kappa shape index (κ1) is 13.6. The number of benzene rings is 1. The first-order valence-corrected chi connectivity index (χ1v) is 6.53. The summed E-state index contributed by atoms with van der Waals surface area (Å²) in [5.74, 6) is 1.14. The van der Waals surface area contributed by atoms with Crippen molar-refractivity contribution in [1.82, 2.24) is 0 Å². The molecule has 0 aliphatic rings. The number of hydrogen-bond acceptors (Lipinski definition) is 3. The van der Waals surface area contributed by atoms with Gasteiger partial charge in [0, 0.05) is 17.5 Å². The van der Waals surface area contributed by atoms with Gasteiger partial charge in [0.2, 0.25) is 5.96 Å². The largest absolute Gasteiger partial charge is 0.369 e. The van der Waals surface area contributed by atoms with Crippen LogP contribution in [0.5, 0.6) is 0 Å². The van der Waals surface area contributed by atoms with Gasteiger partial charge >= 0.3 is 0 Å². The normalized spacial score (nSPS) is 10.6. The highest BCUT2D eigenvalue weighted by Gasteiger charge is 1.94. The Morgan fingerprint density at radius 1 is 1.29 bits per heavy atom. The van der Waals surface area contributed by atoms with Gasteiger partial charge in [0.05, 0.1) is 0 Å². The van der Waals surface area contributed by atoms with Crippen LogP contribution in [0.3, 0.4) is 0 Å². The fourth-order valence-corrected chi connectivity index (χ4v) is 1.96. The van der Waals surface area contributed by atoms with E-state index in [2.05, 4.69) is 41.4 Å². The van der Waals surface area contributed by atoms with E-state index in [1.165, 1.54) is 16.9 Å². The maximum Gasteiger partial charge on any atom is 0.211 e. The summed E-state index contributed by atoms with van der Waals surface area (Å²) in [4.78, 5) is 1.30. The number of thioether (sulfide) groups is 1. The molecule has 0 saturated heterocycles. The van der Waals surface area contributed by atoms with E-state index in [1.807, 2.05) is 11.8 Å². The van der Waals surface area contributed by atoms with E-state index in [4.69, 9.17) is 11.5 Å². The zero-order chi connectivity index (χ0) is 12.5. The van der Waals surface area contributed by atoms with E-state index in [0.717, 1.165) is 12.2 Å². The van der Waals surface area contributed by atoms with Gasteiger partial charge in [-0.25, -0.2) is 0 Å². The van der Waals surface area contributed by atoms with E-state index in [9.17, 15) is 0 Å². The van der Waals surface area contributed by atoms with Gasteiger partial charge in [0.1, 0.15) is 0 Å². The molecule has 0 aliphatic heterocycles. The van der Waals surface area contributed by atoms with Crippen LogP contribution in [-0.2, 0) is 6.42 Å². The van der Waals surface area contributed by atoms with Crippen molar-refractivity contribution in [2.45, 2.75) is 24.7 Å². The molecule has 0 atom stereocenters. The summed E-state index contributed by atoms with van der Waals surface area (Å²) in [5.41, 5.74) is 11.5. The molecule has 17 heavy (non-hydrogen) atoms. The van der Waals surface area contributed by atoms with Crippen LogP contribution in [0.25, 0.3) is 0 Å². The molecule has 0 bridgehead atoms. The Bertz CT molecular complexity index is 380. The van der Waals surface area contributed by atoms with Crippen LogP contribution >= 0.6 is 11.8 Å². The number of rotatable bonds is 6. The molecular weight excluding hydrogens is 232 g/mol. The third-order valence-electron chi connectivity index (χ3n) is 1.98. The summed E-state index contributed by atoms with van der Waals surface area (Å²) < 4.78 is 0. The molecule has 1 aromatic rings. The molecule has 0 saturated carbocycles. The van der Waals surface area contributed by atoms with Gasteiger partial charge in [-0.15, -0.1) is 16.9 Å². The van der Waals surface area contributed by atoms with Crippen molar-refractivity contribution < 1.29 is 0 Å².